The van der Waals surface area contributed by atoms with Crippen LogP contribution in [0.4, 0.5) is 4.39 Å². The van der Waals surface area contributed by atoms with Crippen molar-refractivity contribution in [2.75, 3.05) is 5.75 Å². The Morgan fingerprint density at radius 3 is 2.43 bits per heavy atom. The number of halogens is 1. The molecule has 0 aliphatic carbocycles. The van der Waals surface area contributed by atoms with Gasteiger partial charge in [-0.05, 0) is 38.1 Å². The lowest BCUT2D eigenvalue weighted by Gasteiger charge is -2.08. The van der Waals surface area contributed by atoms with Gasteiger partial charge in [-0.1, -0.05) is 30.3 Å². The van der Waals surface area contributed by atoms with E-state index < -0.39 is 11.8 Å². The molecule has 144 valence electrons. The van der Waals surface area contributed by atoms with Crippen LogP contribution < -0.4 is 10.9 Å². The number of nitrogens with one attached hydrogen (secondary N) is 2. The zero-order valence-corrected chi connectivity index (χ0v) is 16.2. The zero-order chi connectivity index (χ0) is 20.1. The second-order valence-electron chi connectivity index (χ2n) is 6.01. The van der Waals surface area contributed by atoms with Crippen molar-refractivity contribution in [3.05, 3.63) is 77.4 Å². The van der Waals surface area contributed by atoms with Crippen molar-refractivity contribution in [1.82, 2.24) is 20.6 Å². The predicted octanol–water partition coefficient (Wildman–Crippen LogP) is 3.18. The van der Waals surface area contributed by atoms with Gasteiger partial charge in [0.2, 0.25) is 5.91 Å². The average Bonchev–Trinajstić information content (AvgIpc) is 3.00. The van der Waals surface area contributed by atoms with Crippen molar-refractivity contribution < 1.29 is 14.0 Å². The summed E-state index contributed by atoms with van der Waals surface area (Å²) in [6.07, 6.45) is 0. The van der Waals surface area contributed by atoms with Crippen LogP contribution in [0, 0.1) is 19.7 Å². The number of aryl methyl sites for hydroxylation is 1. The summed E-state index contributed by atoms with van der Waals surface area (Å²) in [6.45, 7) is 3.52. The molecule has 0 aliphatic heterocycles. The van der Waals surface area contributed by atoms with E-state index in [4.69, 9.17) is 0 Å². The van der Waals surface area contributed by atoms with Gasteiger partial charge >= 0.3 is 0 Å². The van der Waals surface area contributed by atoms with Crippen LogP contribution in [0.5, 0.6) is 0 Å². The number of para-hydroxylation sites is 1. The van der Waals surface area contributed by atoms with E-state index in [0.717, 1.165) is 17.4 Å². The number of amides is 2. The average molecular weight is 398 g/mol. The van der Waals surface area contributed by atoms with Gasteiger partial charge in [-0.15, -0.1) is 11.8 Å². The largest absolute Gasteiger partial charge is 0.273 e. The van der Waals surface area contributed by atoms with Crippen LogP contribution in [-0.4, -0.2) is 27.3 Å². The van der Waals surface area contributed by atoms with E-state index in [9.17, 15) is 14.0 Å². The number of hydrogen-bond donors (Lipinski definition) is 2. The minimum absolute atomic E-state index is 0.0253. The Bertz CT molecular complexity index is 1000. The summed E-state index contributed by atoms with van der Waals surface area (Å²) in [6, 6.07) is 15.7. The molecule has 0 bridgehead atoms. The molecule has 1 aromatic heterocycles. The van der Waals surface area contributed by atoms with Gasteiger partial charge in [0.15, 0.2) is 0 Å². The number of thioether (sulfide) groups is 1. The first-order valence-corrected chi connectivity index (χ1v) is 9.54. The van der Waals surface area contributed by atoms with E-state index >= 15 is 0 Å². The van der Waals surface area contributed by atoms with Crippen LogP contribution in [0.15, 0.2) is 59.5 Å². The molecule has 0 saturated carbocycles. The number of carbonyl (C=O) groups excluding carboxylic acids is 2. The Balaban J connectivity index is 1.61. The van der Waals surface area contributed by atoms with Gasteiger partial charge in [-0.3, -0.25) is 20.4 Å². The van der Waals surface area contributed by atoms with Crippen LogP contribution in [0.1, 0.15) is 21.7 Å². The third-order valence-electron chi connectivity index (χ3n) is 4.03. The van der Waals surface area contributed by atoms with E-state index in [1.165, 1.54) is 6.07 Å². The smallest absolute Gasteiger partial charge is 0.272 e. The van der Waals surface area contributed by atoms with Gasteiger partial charge in [0.05, 0.1) is 28.4 Å². The molecule has 0 aliphatic rings. The Hall–Kier alpha value is -3.13. The molecule has 0 spiro atoms. The maximum atomic E-state index is 13.6. The molecule has 1 heterocycles. The van der Waals surface area contributed by atoms with Crippen LogP contribution in [0.3, 0.4) is 0 Å². The predicted molar refractivity (Wildman–Crippen MR) is 106 cm³/mol. The lowest BCUT2D eigenvalue weighted by molar-refractivity contribution is -0.119. The lowest BCUT2D eigenvalue weighted by atomic mass is 10.2. The standard InChI is InChI=1S/C20H19FN4O2S/c1-13-19(14(2)25(24-13)15-8-4-3-5-9-15)20(27)23-22-18(26)12-28-17-11-7-6-10-16(17)21/h3-11H,12H2,1-2H3,(H,22,26)(H,23,27). The van der Waals surface area contributed by atoms with Crippen molar-refractivity contribution >= 4 is 23.6 Å². The molecule has 0 radical (unpaired) electrons. The molecule has 3 rings (SSSR count). The van der Waals surface area contributed by atoms with Crippen molar-refractivity contribution in [2.24, 2.45) is 0 Å². The van der Waals surface area contributed by atoms with Crippen molar-refractivity contribution in [1.29, 1.82) is 0 Å². The quantitative estimate of drug-likeness (QED) is 0.511. The molecule has 3 aromatic rings. The van der Waals surface area contributed by atoms with Crippen molar-refractivity contribution in [3.63, 3.8) is 0 Å². The first kappa shape index (κ1) is 19.6. The Labute approximate surface area is 166 Å². The molecule has 28 heavy (non-hydrogen) atoms. The van der Waals surface area contributed by atoms with E-state index in [-0.39, 0.29) is 11.6 Å². The molecule has 2 amide bonds. The highest BCUT2D eigenvalue weighted by atomic mass is 32.2. The highest BCUT2D eigenvalue weighted by Gasteiger charge is 2.20. The molecule has 2 aromatic carbocycles. The number of hydrazine groups is 1. The minimum Gasteiger partial charge on any atom is -0.272 e. The Morgan fingerprint density at radius 2 is 1.71 bits per heavy atom. The van der Waals surface area contributed by atoms with Gasteiger partial charge in [0.25, 0.3) is 5.91 Å². The van der Waals surface area contributed by atoms with Gasteiger partial charge in [0.1, 0.15) is 5.82 Å². The van der Waals surface area contributed by atoms with E-state index in [1.807, 2.05) is 30.3 Å². The first-order chi connectivity index (χ1) is 13.5. The third kappa shape index (κ3) is 4.40. The molecule has 0 unspecified atom stereocenters. The number of aromatic nitrogens is 2. The van der Waals surface area contributed by atoms with Crippen LogP contribution in [-0.2, 0) is 4.79 Å². The molecule has 2 N–H and O–H groups in total. The maximum absolute atomic E-state index is 13.6. The highest BCUT2D eigenvalue weighted by Crippen LogP contribution is 2.21. The molecular formula is C20H19FN4O2S. The second-order valence-corrected chi connectivity index (χ2v) is 7.03. The maximum Gasteiger partial charge on any atom is 0.273 e. The molecular weight excluding hydrogens is 379 g/mol. The van der Waals surface area contributed by atoms with Gasteiger partial charge in [-0.25, -0.2) is 9.07 Å². The van der Waals surface area contributed by atoms with Gasteiger partial charge < -0.3 is 0 Å². The van der Waals surface area contributed by atoms with E-state index in [2.05, 4.69) is 16.0 Å². The monoisotopic (exact) mass is 398 g/mol. The summed E-state index contributed by atoms with van der Waals surface area (Å²) >= 11 is 1.06. The molecule has 0 fully saturated rings. The number of carbonyl (C=O) groups is 2. The topological polar surface area (TPSA) is 76.0 Å². The van der Waals surface area contributed by atoms with Crippen LogP contribution >= 0.6 is 11.8 Å². The summed E-state index contributed by atoms with van der Waals surface area (Å²) in [5.74, 6) is -1.31. The zero-order valence-electron chi connectivity index (χ0n) is 15.4. The number of rotatable bonds is 5. The summed E-state index contributed by atoms with van der Waals surface area (Å²) < 4.78 is 15.3. The number of benzene rings is 2. The lowest BCUT2D eigenvalue weighted by Crippen LogP contribution is -2.42. The summed E-state index contributed by atoms with van der Waals surface area (Å²) in [4.78, 5) is 24.9. The summed E-state index contributed by atoms with van der Waals surface area (Å²) in [5, 5.41) is 4.41. The Kier molecular flexibility index (Phi) is 6.10. The number of hydrogen-bond acceptors (Lipinski definition) is 4. The third-order valence-corrected chi connectivity index (χ3v) is 5.08. The SMILES string of the molecule is Cc1nn(-c2ccccc2)c(C)c1C(=O)NNC(=O)CSc1ccccc1F. The fourth-order valence-corrected chi connectivity index (χ4v) is 3.46. The van der Waals surface area contributed by atoms with E-state index in [1.54, 1.807) is 36.7 Å². The second kappa shape index (κ2) is 8.71. The van der Waals surface area contributed by atoms with Crippen molar-refractivity contribution in [3.8, 4) is 5.69 Å². The molecule has 8 heteroatoms. The van der Waals surface area contributed by atoms with Crippen LogP contribution in [0.2, 0.25) is 0 Å². The normalized spacial score (nSPS) is 10.5. The molecule has 0 atom stereocenters. The number of nitrogens with zero attached hydrogens (tertiary/aromatic N) is 2. The highest BCUT2D eigenvalue weighted by molar-refractivity contribution is 8.00. The van der Waals surface area contributed by atoms with E-state index in [0.29, 0.717) is 21.8 Å². The Morgan fingerprint density at radius 1 is 1.04 bits per heavy atom. The molecule has 0 saturated heterocycles. The fraction of sp³-hybridized carbons (Fsp3) is 0.150. The summed E-state index contributed by atoms with van der Waals surface area (Å²) in [5.41, 5.74) is 7.20. The van der Waals surface area contributed by atoms with Crippen LogP contribution in [0.25, 0.3) is 5.69 Å². The minimum atomic E-state index is -0.457. The summed E-state index contributed by atoms with van der Waals surface area (Å²) in [7, 11) is 0. The van der Waals surface area contributed by atoms with Gasteiger partial charge in [-0.2, -0.15) is 5.10 Å². The fourth-order valence-electron chi connectivity index (χ4n) is 2.72. The first-order valence-electron chi connectivity index (χ1n) is 8.55. The van der Waals surface area contributed by atoms with Crippen molar-refractivity contribution in [2.45, 2.75) is 18.7 Å². The van der Waals surface area contributed by atoms with Gasteiger partial charge in [0, 0.05) is 4.90 Å². The molecule has 6 nitrogen and oxygen atoms in total.